The number of anilines is 4. The van der Waals surface area contributed by atoms with E-state index in [2.05, 4.69) is 51.6 Å². The van der Waals surface area contributed by atoms with Crippen molar-refractivity contribution in [2.75, 3.05) is 48.5 Å². The molecule has 28 heavy (non-hydrogen) atoms. The highest BCUT2D eigenvalue weighted by molar-refractivity contribution is 5.68. The van der Waals surface area contributed by atoms with Crippen molar-refractivity contribution >= 4 is 23.3 Å². The van der Waals surface area contributed by atoms with E-state index in [1.807, 2.05) is 49.5 Å². The highest BCUT2D eigenvalue weighted by Gasteiger charge is 2.08. The number of nitrogens with one attached hydrogen (secondary N) is 2. The molecule has 0 amide bonds. The van der Waals surface area contributed by atoms with Crippen LogP contribution in [0.3, 0.4) is 0 Å². The van der Waals surface area contributed by atoms with Crippen LogP contribution in [0.2, 0.25) is 0 Å². The van der Waals surface area contributed by atoms with Gasteiger partial charge in [0.25, 0.3) is 0 Å². The predicted octanol–water partition coefficient (Wildman–Crippen LogP) is 3.33. The van der Waals surface area contributed by atoms with Crippen LogP contribution in [0, 0.1) is 13.8 Å². The average Bonchev–Trinajstić information content (AvgIpc) is 2.67. The van der Waals surface area contributed by atoms with Crippen LogP contribution in [0.25, 0.3) is 11.3 Å². The lowest BCUT2D eigenvalue weighted by Crippen LogP contribution is -2.16. The molecule has 0 unspecified atom stereocenters. The van der Waals surface area contributed by atoms with Crippen molar-refractivity contribution in [1.29, 1.82) is 0 Å². The molecule has 0 aliphatic heterocycles. The summed E-state index contributed by atoms with van der Waals surface area (Å²) in [5, 5.41) is 6.59. The third-order valence-corrected chi connectivity index (χ3v) is 4.63. The van der Waals surface area contributed by atoms with Crippen molar-refractivity contribution in [2.24, 2.45) is 0 Å². The van der Waals surface area contributed by atoms with Crippen molar-refractivity contribution in [2.45, 2.75) is 13.8 Å². The van der Waals surface area contributed by atoms with Crippen LogP contribution in [0.15, 0.2) is 42.6 Å². The molecule has 7 heteroatoms. The van der Waals surface area contributed by atoms with Gasteiger partial charge in [-0.1, -0.05) is 18.2 Å². The first-order chi connectivity index (χ1) is 13.4. The fourth-order valence-electron chi connectivity index (χ4n) is 2.86. The first-order valence-electron chi connectivity index (χ1n) is 9.26. The second kappa shape index (κ2) is 8.56. The molecule has 2 heterocycles. The zero-order chi connectivity index (χ0) is 20.1. The Kier molecular flexibility index (Phi) is 5.93. The minimum Gasteiger partial charge on any atom is -0.376 e. The molecule has 4 N–H and O–H groups in total. The Bertz CT molecular complexity index is 936. The molecular formula is C21H27N7. The van der Waals surface area contributed by atoms with E-state index in [1.165, 1.54) is 11.1 Å². The predicted molar refractivity (Wildman–Crippen MR) is 117 cm³/mol. The summed E-state index contributed by atoms with van der Waals surface area (Å²) in [6, 6.07) is 12.1. The fraction of sp³-hybridized carbons (Fsp3) is 0.286. The molecule has 0 aliphatic rings. The summed E-state index contributed by atoms with van der Waals surface area (Å²) in [5.41, 5.74) is 11.3. The summed E-state index contributed by atoms with van der Waals surface area (Å²) >= 11 is 0. The van der Waals surface area contributed by atoms with Gasteiger partial charge < -0.3 is 21.3 Å². The molecule has 0 saturated carbocycles. The zero-order valence-electron chi connectivity index (χ0n) is 16.8. The molecule has 1 aromatic carbocycles. The lowest BCUT2D eigenvalue weighted by molar-refractivity contribution is 1.03. The van der Waals surface area contributed by atoms with Crippen molar-refractivity contribution in [3.8, 4) is 11.3 Å². The smallest absolute Gasteiger partial charge is 0.222 e. The SMILES string of the molecule is Cc1cccc(-c2cc(NCCNc3ccc(N(C)C)cn3)nc(N)n2)c1C. The molecule has 146 valence electrons. The Morgan fingerprint density at radius 1 is 0.964 bits per heavy atom. The van der Waals surface area contributed by atoms with E-state index in [0.29, 0.717) is 18.9 Å². The van der Waals surface area contributed by atoms with Gasteiger partial charge in [0.1, 0.15) is 11.6 Å². The lowest BCUT2D eigenvalue weighted by atomic mass is 10.0. The largest absolute Gasteiger partial charge is 0.376 e. The number of nitrogen functional groups attached to an aromatic ring is 1. The minimum absolute atomic E-state index is 0.259. The number of hydrogen-bond donors (Lipinski definition) is 3. The topological polar surface area (TPSA) is 92.0 Å². The van der Waals surface area contributed by atoms with Gasteiger partial charge in [-0.3, -0.25) is 0 Å². The van der Waals surface area contributed by atoms with E-state index in [0.717, 1.165) is 22.8 Å². The van der Waals surface area contributed by atoms with Gasteiger partial charge in [0.2, 0.25) is 5.95 Å². The van der Waals surface area contributed by atoms with Crippen LogP contribution >= 0.6 is 0 Å². The van der Waals surface area contributed by atoms with Crippen molar-refractivity contribution in [3.63, 3.8) is 0 Å². The minimum atomic E-state index is 0.259. The third kappa shape index (κ3) is 4.68. The Balaban J connectivity index is 1.62. The Labute approximate surface area is 166 Å². The summed E-state index contributed by atoms with van der Waals surface area (Å²) in [7, 11) is 3.99. The molecule has 0 saturated heterocycles. The number of rotatable bonds is 7. The van der Waals surface area contributed by atoms with Gasteiger partial charge in [-0.05, 0) is 37.1 Å². The number of aryl methyl sites for hydroxylation is 1. The number of pyridine rings is 1. The normalized spacial score (nSPS) is 10.6. The molecule has 0 atom stereocenters. The Hall–Kier alpha value is -3.35. The van der Waals surface area contributed by atoms with Crippen LogP contribution in [0.1, 0.15) is 11.1 Å². The number of hydrogen-bond acceptors (Lipinski definition) is 7. The summed E-state index contributed by atoms with van der Waals surface area (Å²) in [4.78, 5) is 15.1. The van der Waals surface area contributed by atoms with Gasteiger partial charge in [-0.2, -0.15) is 4.98 Å². The van der Waals surface area contributed by atoms with Gasteiger partial charge in [-0.25, -0.2) is 9.97 Å². The average molecular weight is 377 g/mol. The van der Waals surface area contributed by atoms with Crippen LogP contribution in [-0.4, -0.2) is 42.1 Å². The number of benzene rings is 1. The molecule has 3 aromatic rings. The molecule has 0 radical (unpaired) electrons. The van der Waals surface area contributed by atoms with Gasteiger partial charge in [0, 0.05) is 38.8 Å². The molecule has 3 rings (SSSR count). The van der Waals surface area contributed by atoms with E-state index in [1.54, 1.807) is 0 Å². The maximum atomic E-state index is 5.93. The molecule has 0 spiro atoms. The molecule has 0 fully saturated rings. The van der Waals surface area contributed by atoms with Gasteiger partial charge in [-0.15, -0.1) is 0 Å². The second-order valence-electron chi connectivity index (χ2n) is 6.89. The van der Waals surface area contributed by atoms with Crippen LogP contribution in [0.4, 0.5) is 23.3 Å². The quantitative estimate of drug-likeness (QED) is 0.544. The first-order valence-corrected chi connectivity index (χ1v) is 9.26. The van der Waals surface area contributed by atoms with E-state index in [4.69, 9.17) is 5.73 Å². The lowest BCUT2D eigenvalue weighted by Gasteiger charge is -2.13. The number of nitrogens with two attached hydrogens (primary N) is 1. The Morgan fingerprint density at radius 3 is 2.39 bits per heavy atom. The van der Waals surface area contributed by atoms with Gasteiger partial charge >= 0.3 is 0 Å². The zero-order valence-corrected chi connectivity index (χ0v) is 16.8. The summed E-state index contributed by atoms with van der Waals surface area (Å²) in [5.74, 6) is 1.81. The van der Waals surface area contributed by atoms with E-state index < -0.39 is 0 Å². The molecule has 0 bridgehead atoms. The van der Waals surface area contributed by atoms with E-state index in [-0.39, 0.29) is 5.95 Å². The van der Waals surface area contributed by atoms with Crippen molar-refractivity contribution < 1.29 is 0 Å². The molecular weight excluding hydrogens is 350 g/mol. The standard InChI is InChI=1S/C21H27N7/c1-14-6-5-7-17(15(14)2)18-12-20(27-21(22)26-18)24-11-10-23-19-9-8-16(13-25-19)28(3)4/h5-9,12-13H,10-11H2,1-4H3,(H,23,25)(H3,22,24,26,27). The van der Waals surface area contributed by atoms with Gasteiger partial charge in [0.05, 0.1) is 17.6 Å². The van der Waals surface area contributed by atoms with E-state index in [9.17, 15) is 0 Å². The third-order valence-electron chi connectivity index (χ3n) is 4.63. The number of nitrogens with zero attached hydrogens (tertiary/aromatic N) is 4. The number of aromatic nitrogens is 3. The van der Waals surface area contributed by atoms with Gasteiger partial charge in [0.15, 0.2) is 0 Å². The molecule has 2 aromatic heterocycles. The molecule has 0 aliphatic carbocycles. The van der Waals surface area contributed by atoms with Crippen molar-refractivity contribution in [1.82, 2.24) is 15.0 Å². The summed E-state index contributed by atoms with van der Waals surface area (Å²) in [6.45, 7) is 5.57. The van der Waals surface area contributed by atoms with Crippen LogP contribution in [0.5, 0.6) is 0 Å². The summed E-state index contributed by atoms with van der Waals surface area (Å²) < 4.78 is 0. The molecule has 7 nitrogen and oxygen atoms in total. The first kappa shape index (κ1) is 19.4. The maximum absolute atomic E-state index is 5.93. The highest BCUT2D eigenvalue weighted by atomic mass is 15.1. The fourth-order valence-corrected chi connectivity index (χ4v) is 2.86. The second-order valence-corrected chi connectivity index (χ2v) is 6.89. The van der Waals surface area contributed by atoms with Crippen LogP contribution in [-0.2, 0) is 0 Å². The van der Waals surface area contributed by atoms with Crippen molar-refractivity contribution in [3.05, 3.63) is 53.7 Å². The van der Waals surface area contributed by atoms with Crippen LogP contribution < -0.4 is 21.3 Å². The summed E-state index contributed by atoms with van der Waals surface area (Å²) in [6.07, 6.45) is 1.84. The van der Waals surface area contributed by atoms with E-state index >= 15 is 0 Å². The Morgan fingerprint density at radius 2 is 1.71 bits per heavy atom. The highest BCUT2D eigenvalue weighted by Crippen LogP contribution is 2.26. The monoisotopic (exact) mass is 377 g/mol. The maximum Gasteiger partial charge on any atom is 0.222 e.